The van der Waals surface area contributed by atoms with E-state index in [0.29, 0.717) is 0 Å². The molecule has 1 amide bonds. The van der Waals surface area contributed by atoms with Gasteiger partial charge in [-0.3, -0.25) is 4.79 Å². The number of amides is 1. The van der Waals surface area contributed by atoms with E-state index in [4.69, 9.17) is 5.73 Å². The molecule has 26 heavy (non-hydrogen) atoms. The van der Waals surface area contributed by atoms with Crippen molar-refractivity contribution in [3.05, 3.63) is 60.0 Å². The molecule has 4 heteroatoms. The van der Waals surface area contributed by atoms with Crippen LogP contribution in [0, 0.1) is 5.82 Å². The SMILES string of the molecule is CCCCCCn1cc(CC(N)=O)c2cc(-c3cccc(F)c3)ccc21. The molecule has 2 N–H and O–H groups in total. The predicted molar refractivity (Wildman–Crippen MR) is 104 cm³/mol. The van der Waals surface area contributed by atoms with Gasteiger partial charge in [0.1, 0.15) is 5.82 Å². The van der Waals surface area contributed by atoms with E-state index in [1.165, 1.54) is 31.4 Å². The maximum atomic E-state index is 13.6. The Morgan fingerprint density at radius 2 is 1.88 bits per heavy atom. The van der Waals surface area contributed by atoms with E-state index in [0.717, 1.165) is 40.6 Å². The van der Waals surface area contributed by atoms with E-state index >= 15 is 0 Å². The summed E-state index contributed by atoms with van der Waals surface area (Å²) in [6.07, 6.45) is 7.00. The topological polar surface area (TPSA) is 48.0 Å². The van der Waals surface area contributed by atoms with Gasteiger partial charge in [0, 0.05) is 23.6 Å². The summed E-state index contributed by atoms with van der Waals surface area (Å²) in [6.45, 7) is 3.12. The summed E-state index contributed by atoms with van der Waals surface area (Å²) < 4.78 is 15.8. The van der Waals surface area contributed by atoms with Crippen LogP contribution in [0.4, 0.5) is 4.39 Å². The highest BCUT2D eigenvalue weighted by molar-refractivity contribution is 5.92. The van der Waals surface area contributed by atoms with Crippen molar-refractivity contribution >= 4 is 16.8 Å². The van der Waals surface area contributed by atoms with Gasteiger partial charge in [0.15, 0.2) is 0 Å². The number of primary amides is 1. The highest BCUT2D eigenvalue weighted by Gasteiger charge is 2.12. The molecule has 0 unspecified atom stereocenters. The number of carbonyl (C=O) groups excluding carboxylic acids is 1. The molecule has 0 saturated carbocycles. The first kappa shape index (κ1) is 18.2. The zero-order valence-corrected chi connectivity index (χ0v) is 15.2. The normalized spacial score (nSPS) is 11.2. The van der Waals surface area contributed by atoms with Crippen LogP contribution in [0.5, 0.6) is 0 Å². The second kappa shape index (κ2) is 8.17. The minimum atomic E-state index is -0.341. The molecule has 136 valence electrons. The lowest BCUT2D eigenvalue weighted by molar-refractivity contribution is -0.117. The maximum Gasteiger partial charge on any atom is 0.221 e. The van der Waals surface area contributed by atoms with Crippen LogP contribution < -0.4 is 5.73 Å². The van der Waals surface area contributed by atoms with Gasteiger partial charge in [-0.25, -0.2) is 4.39 Å². The number of nitrogens with two attached hydrogens (primary N) is 1. The summed E-state index contributed by atoms with van der Waals surface area (Å²) in [5.74, 6) is -0.598. The molecule has 0 atom stereocenters. The highest BCUT2D eigenvalue weighted by Crippen LogP contribution is 2.29. The van der Waals surface area contributed by atoms with Gasteiger partial charge in [-0.2, -0.15) is 0 Å². The van der Waals surface area contributed by atoms with Gasteiger partial charge in [0.25, 0.3) is 0 Å². The third-order valence-electron chi connectivity index (χ3n) is 4.74. The van der Waals surface area contributed by atoms with E-state index < -0.39 is 0 Å². The standard InChI is InChI=1S/C22H25FN2O/c1-2-3-4-5-11-25-15-18(14-22(24)26)20-13-17(9-10-21(20)25)16-7-6-8-19(23)12-16/h6-10,12-13,15H,2-5,11,14H2,1H3,(H2,24,26). The summed E-state index contributed by atoms with van der Waals surface area (Å²) in [5, 5.41) is 1.01. The number of halogens is 1. The molecule has 0 fully saturated rings. The first-order valence-corrected chi connectivity index (χ1v) is 9.24. The summed E-state index contributed by atoms with van der Waals surface area (Å²) in [6, 6.07) is 12.7. The lowest BCUT2D eigenvalue weighted by atomic mass is 10.0. The Morgan fingerprint density at radius 3 is 2.62 bits per heavy atom. The van der Waals surface area contributed by atoms with Crippen LogP contribution in [-0.2, 0) is 17.8 Å². The Kier molecular flexibility index (Phi) is 5.71. The zero-order valence-electron chi connectivity index (χ0n) is 15.2. The van der Waals surface area contributed by atoms with Gasteiger partial charge in [-0.1, -0.05) is 44.4 Å². The fraction of sp³-hybridized carbons (Fsp3) is 0.318. The molecule has 0 aliphatic heterocycles. The number of hydrogen-bond donors (Lipinski definition) is 1. The van der Waals surface area contributed by atoms with Crippen LogP contribution in [-0.4, -0.2) is 10.5 Å². The van der Waals surface area contributed by atoms with Crippen molar-refractivity contribution in [3.8, 4) is 11.1 Å². The molecule has 1 heterocycles. The van der Waals surface area contributed by atoms with Crippen LogP contribution in [0.2, 0.25) is 0 Å². The summed E-state index contributed by atoms with van der Waals surface area (Å²) in [4.78, 5) is 11.5. The molecule has 0 spiro atoms. The van der Waals surface area contributed by atoms with Crippen LogP contribution in [0.15, 0.2) is 48.7 Å². The Bertz CT molecular complexity index is 914. The minimum Gasteiger partial charge on any atom is -0.369 e. The number of aryl methyl sites for hydroxylation is 1. The van der Waals surface area contributed by atoms with Gasteiger partial charge in [0.05, 0.1) is 6.42 Å². The van der Waals surface area contributed by atoms with Crippen LogP contribution >= 0.6 is 0 Å². The number of unbranched alkanes of at least 4 members (excludes halogenated alkanes) is 3. The lowest BCUT2D eigenvalue weighted by Gasteiger charge is -2.07. The van der Waals surface area contributed by atoms with E-state index in [1.54, 1.807) is 6.07 Å². The molecule has 2 aromatic carbocycles. The predicted octanol–water partition coefficient (Wildman–Crippen LogP) is 5.06. The minimum absolute atomic E-state index is 0.213. The Labute approximate surface area is 153 Å². The van der Waals surface area contributed by atoms with E-state index in [2.05, 4.69) is 17.6 Å². The molecule has 3 rings (SSSR count). The third kappa shape index (κ3) is 4.13. The number of fused-ring (bicyclic) bond motifs is 1. The summed E-state index contributed by atoms with van der Waals surface area (Å²) in [7, 11) is 0. The molecule has 0 aliphatic carbocycles. The van der Waals surface area contributed by atoms with Crippen molar-refractivity contribution in [3.63, 3.8) is 0 Å². The number of carbonyl (C=O) groups is 1. The van der Waals surface area contributed by atoms with Crippen molar-refractivity contribution in [1.82, 2.24) is 4.57 Å². The van der Waals surface area contributed by atoms with Crippen molar-refractivity contribution < 1.29 is 9.18 Å². The molecule has 0 bridgehead atoms. The monoisotopic (exact) mass is 352 g/mol. The average molecular weight is 352 g/mol. The van der Waals surface area contributed by atoms with Gasteiger partial charge < -0.3 is 10.3 Å². The van der Waals surface area contributed by atoms with E-state index in [-0.39, 0.29) is 18.1 Å². The van der Waals surface area contributed by atoms with Gasteiger partial charge in [-0.15, -0.1) is 0 Å². The average Bonchev–Trinajstić information content (AvgIpc) is 2.95. The molecule has 1 aromatic heterocycles. The second-order valence-electron chi connectivity index (χ2n) is 6.79. The zero-order chi connectivity index (χ0) is 18.5. The highest BCUT2D eigenvalue weighted by atomic mass is 19.1. The fourth-order valence-electron chi connectivity index (χ4n) is 3.44. The molecule has 0 saturated heterocycles. The fourth-order valence-corrected chi connectivity index (χ4v) is 3.44. The third-order valence-corrected chi connectivity index (χ3v) is 4.74. The first-order valence-electron chi connectivity index (χ1n) is 9.24. The van der Waals surface area contributed by atoms with Crippen molar-refractivity contribution in [2.75, 3.05) is 0 Å². The molecular formula is C22H25FN2O. The van der Waals surface area contributed by atoms with Crippen LogP contribution in [0.25, 0.3) is 22.0 Å². The Hall–Kier alpha value is -2.62. The number of aromatic nitrogens is 1. The number of hydrogen-bond acceptors (Lipinski definition) is 1. The number of benzene rings is 2. The van der Waals surface area contributed by atoms with E-state index in [1.807, 2.05) is 24.4 Å². The first-order chi connectivity index (χ1) is 12.6. The smallest absolute Gasteiger partial charge is 0.221 e. The van der Waals surface area contributed by atoms with Gasteiger partial charge >= 0.3 is 0 Å². The van der Waals surface area contributed by atoms with E-state index in [9.17, 15) is 9.18 Å². The molecule has 0 radical (unpaired) electrons. The summed E-state index contributed by atoms with van der Waals surface area (Å²) >= 11 is 0. The van der Waals surface area contributed by atoms with Crippen LogP contribution in [0.3, 0.4) is 0 Å². The largest absolute Gasteiger partial charge is 0.369 e. The molecule has 3 aromatic rings. The molecular weight excluding hydrogens is 327 g/mol. The van der Waals surface area contributed by atoms with Crippen molar-refractivity contribution in [1.29, 1.82) is 0 Å². The molecule has 3 nitrogen and oxygen atoms in total. The second-order valence-corrected chi connectivity index (χ2v) is 6.79. The quantitative estimate of drug-likeness (QED) is 0.566. The number of rotatable bonds is 8. The van der Waals surface area contributed by atoms with Crippen molar-refractivity contribution in [2.45, 2.75) is 45.6 Å². The summed E-state index contributed by atoms with van der Waals surface area (Å²) in [5.41, 5.74) is 9.23. The lowest BCUT2D eigenvalue weighted by Crippen LogP contribution is -2.13. The number of nitrogens with zero attached hydrogens (tertiary/aromatic N) is 1. The van der Waals surface area contributed by atoms with Crippen LogP contribution in [0.1, 0.15) is 38.2 Å². The van der Waals surface area contributed by atoms with Gasteiger partial charge in [0.2, 0.25) is 5.91 Å². The maximum absolute atomic E-state index is 13.6. The molecule has 0 aliphatic rings. The Morgan fingerprint density at radius 1 is 1.08 bits per heavy atom. The van der Waals surface area contributed by atoms with Gasteiger partial charge in [-0.05, 0) is 47.4 Å². The van der Waals surface area contributed by atoms with Crippen molar-refractivity contribution in [2.24, 2.45) is 5.73 Å². The Balaban J connectivity index is 1.99.